The molecule has 2 amide bonds. The summed E-state index contributed by atoms with van der Waals surface area (Å²) in [6, 6.07) is 16.3. The Bertz CT molecular complexity index is 714. The van der Waals surface area contributed by atoms with Gasteiger partial charge in [0.2, 0.25) is 0 Å². The maximum Gasteiger partial charge on any atom is 0.322 e. The standard InChI is InChI=1S/C17H15Cl2N3O/c18-14-8-4-9-15(16(14)19)21-17(23)22(11-5-10-20)12-13-6-2-1-3-7-13/h1-4,6-9H,5,11-12H2,(H,21,23). The SMILES string of the molecule is N#CCCN(Cc1ccccc1)C(=O)Nc1cccc(Cl)c1Cl. The highest BCUT2D eigenvalue weighted by Gasteiger charge is 2.16. The summed E-state index contributed by atoms with van der Waals surface area (Å²) in [4.78, 5) is 14.1. The van der Waals surface area contributed by atoms with Crippen LogP contribution in [0.3, 0.4) is 0 Å². The second-order valence-electron chi connectivity index (χ2n) is 4.85. The lowest BCUT2D eigenvalue weighted by Crippen LogP contribution is -2.35. The van der Waals surface area contributed by atoms with Crippen molar-refractivity contribution >= 4 is 34.9 Å². The second-order valence-corrected chi connectivity index (χ2v) is 5.63. The summed E-state index contributed by atoms with van der Waals surface area (Å²) in [5, 5.41) is 12.2. The summed E-state index contributed by atoms with van der Waals surface area (Å²) in [6.45, 7) is 0.738. The van der Waals surface area contributed by atoms with Gasteiger partial charge in [-0.1, -0.05) is 59.6 Å². The van der Waals surface area contributed by atoms with Crippen molar-refractivity contribution in [2.24, 2.45) is 0 Å². The van der Waals surface area contributed by atoms with Gasteiger partial charge in [-0.3, -0.25) is 0 Å². The minimum Gasteiger partial charge on any atom is -0.319 e. The predicted octanol–water partition coefficient (Wildman–Crippen LogP) is 4.94. The summed E-state index contributed by atoms with van der Waals surface area (Å²) in [6.07, 6.45) is 0.254. The molecule has 2 rings (SSSR count). The number of carbonyl (C=O) groups is 1. The summed E-state index contributed by atoms with van der Waals surface area (Å²) in [5.41, 5.74) is 1.43. The second kappa shape index (κ2) is 8.42. The molecule has 4 nitrogen and oxygen atoms in total. The highest BCUT2D eigenvalue weighted by atomic mass is 35.5. The Balaban J connectivity index is 2.13. The Morgan fingerprint density at radius 1 is 1.13 bits per heavy atom. The molecule has 2 aromatic rings. The monoisotopic (exact) mass is 347 g/mol. The van der Waals surface area contributed by atoms with E-state index in [4.69, 9.17) is 28.5 Å². The van der Waals surface area contributed by atoms with Crippen LogP contribution in [0.5, 0.6) is 0 Å². The van der Waals surface area contributed by atoms with Crippen molar-refractivity contribution in [3.8, 4) is 6.07 Å². The first-order valence-electron chi connectivity index (χ1n) is 7.02. The molecule has 0 unspecified atom stereocenters. The van der Waals surface area contributed by atoms with E-state index < -0.39 is 0 Å². The fraction of sp³-hybridized carbons (Fsp3) is 0.176. The van der Waals surface area contributed by atoms with Crippen molar-refractivity contribution in [1.82, 2.24) is 4.90 Å². The third kappa shape index (κ3) is 4.88. The van der Waals surface area contributed by atoms with Crippen LogP contribution >= 0.6 is 23.2 Å². The molecule has 0 aromatic heterocycles. The number of hydrogen-bond donors (Lipinski definition) is 1. The van der Waals surface area contributed by atoms with Crippen molar-refractivity contribution < 1.29 is 4.79 Å². The molecule has 0 aliphatic carbocycles. The molecule has 0 atom stereocenters. The van der Waals surface area contributed by atoms with Gasteiger partial charge < -0.3 is 10.2 Å². The predicted molar refractivity (Wildman–Crippen MR) is 92.6 cm³/mol. The molecular formula is C17H15Cl2N3O. The fourth-order valence-electron chi connectivity index (χ4n) is 2.04. The van der Waals surface area contributed by atoms with E-state index in [0.29, 0.717) is 28.8 Å². The van der Waals surface area contributed by atoms with Crippen molar-refractivity contribution in [1.29, 1.82) is 5.26 Å². The van der Waals surface area contributed by atoms with Crippen LogP contribution in [0.2, 0.25) is 10.0 Å². The number of rotatable bonds is 5. The zero-order valence-corrected chi connectivity index (χ0v) is 13.8. The van der Waals surface area contributed by atoms with Gasteiger partial charge in [0, 0.05) is 13.1 Å². The minimum absolute atomic E-state index is 0.254. The Morgan fingerprint density at radius 2 is 1.87 bits per heavy atom. The van der Waals surface area contributed by atoms with E-state index in [1.54, 1.807) is 23.1 Å². The molecular weight excluding hydrogens is 333 g/mol. The third-order valence-electron chi connectivity index (χ3n) is 3.19. The van der Waals surface area contributed by atoms with E-state index in [1.165, 1.54) is 0 Å². The lowest BCUT2D eigenvalue weighted by Gasteiger charge is -2.22. The van der Waals surface area contributed by atoms with Gasteiger partial charge in [0.25, 0.3) is 0 Å². The summed E-state index contributed by atoms with van der Waals surface area (Å²) >= 11 is 12.0. The minimum atomic E-state index is -0.326. The zero-order valence-electron chi connectivity index (χ0n) is 12.3. The molecule has 118 valence electrons. The summed E-state index contributed by atoms with van der Waals surface area (Å²) in [5.74, 6) is 0. The van der Waals surface area contributed by atoms with Gasteiger partial charge in [0.15, 0.2) is 0 Å². The molecule has 0 heterocycles. The number of nitriles is 1. The Morgan fingerprint density at radius 3 is 2.57 bits per heavy atom. The van der Waals surface area contributed by atoms with Gasteiger partial charge in [0.05, 0.1) is 28.2 Å². The largest absolute Gasteiger partial charge is 0.322 e. The lowest BCUT2D eigenvalue weighted by molar-refractivity contribution is 0.210. The topological polar surface area (TPSA) is 56.1 Å². The van der Waals surface area contributed by atoms with Gasteiger partial charge in [-0.15, -0.1) is 0 Å². The Kier molecular flexibility index (Phi) is 6.28. The third-order valence-corrected chi connectivity index (χ3v) is 4.01. The first-order chi connectivity index (χ1) is 11.1. The van der Waals surface area contributed by atoms with Crippen LogP contribution in [0.15, 0.2) is 48.5 Å². The molecule has 23 heavy (non-hydrogen) atoms. The van der Waals surface area contributed by atoms with Gasteiger partial charge in [-0.05, 0) is 17.7 Å². The Labute approximate surface area is 145 Å². The lowest BCUT2D eigenvalue weighted by atomic mass is 10.2. The normalized spacial score (nSPS) is 9.96. The fourth-order valence-corrected chi connectivity index (χ4v) is 2.38. The average molecular weight is 348 g/mol. The smallest absolute Gasteiger partial charge is 0.319 e. The number of nitrogens with one attached hydrogen (secondary N) is 1. The van der Waals surface area contributed by atoms with Gasteiger partial charge >= 0.3 is 6.03 Å². The van der Waals surface area contributed by atoms with Crippen LogP contribution in [0.4, 0.5) is 10.5 Å². The highest BCUT2D eigenvalue weighted by molar-refractivity contribution is 6.43. The highest BCUT2D eigenvalue weighted by Crippen LogP contribution is 2.29. The van der Waals surface area contributed by atoms with Crippen molar-refractivity contribution in [2.45, 2.75) is 13.0 Å². The number of carbonyl (C=O) groups excluding carboxylic acids is 1. The van der Waals surface area contributed by atoms with Gasteiger partial charge in [-0.25, -0.2) is 4.79 Å². The van der Waals surface area contributed by atoms with E-state index in [9.17, 15) is 4.79 Å². The van der Waals surface area contributed by atoms with Crippen LogP contribution < -0.4 is 5.32 Å². The molecule has 1 N–H and O–H groups in total. The molecule has 6 heteroatoms. The van der Waals surface area contributed by atoms with Crippen LogP contribution in [0, 0.1) is 11.3 Å². The van der Waals surface area contributed by atoms with Crippen molar-refractivity contribution in [2.75, 3.05) is 11.9 Å². The van der Waals surface area contributed by atoms with E-state index in [2.05, 4.69) is 11.4 Å². The number of anilines is 1. The number of nitrogens with zero attached hydrogens (tertiary/aromatic N) is 2. The maximum atomic E-state index is 12.5. The molecule has 0 saturated heterocycles. The van der Waals surface area contributed by atoms with E-state index in [1.807, 2.05) is 30.3 Å². The summed E-state index contributed by atoms with van der Waals surface area (Å²) < 4.78 is 0. The van der Waals surface area contributed by atoms with Gasteiger partial charge in [-0.2, -0.15) is 5.26 Å². The van der Waals surface area contributed by atoms with Crippen LogP contribution in [-0.2, 0) is 6.54 Å². The molecule has 0 radical (unpaired) electrons. The summed E-state index contributed by atoms with van der Waals surface area (Å²) in [7, 11) is 0. The zero-order chi connectivity index (χ0) is 16.7. The van der Waals surface area contributed by atoms with E-state index in [0.717, 1.165) is 5.56 Å². The Hall–Kier alpha value is -2.22. The van der Waals surface area contributed by atoms with E-state index in [-0.39, 0.29) is 12.5 Å². The van der Waals surface area contributed by atoms with Crippen LogP contribution in [0.25, 0.3) is 0 Å². The molecule has 0 fully saturated rings. The molecule has 0 saturated carbocycles. The maximum absolute atomic E-state index is 12.5. The number of hydrogen-bond acceptors (Lipinski definition) is 2. The van der Waals surface area contributed by atoms with Crippen molar-refractivity contribution in [3.63, 3.8) is 0 Å². The molecule has 0 bridgehead atoms. The number of benzene rings is 2. The van der Waals surface area contributed by atoms with Crippen LogP contribution in [-0.4, -0.2) is 17.5 Å². The van der Waals surface area contributed by atoms with Gasteiger partial charge in [0.1, 0.15) is 0 Å². The number of halogens is 2. The first-order valence-corrected chi connectivity index (χ1v) is 7.78. The van der Waals surface area contributed by atoms with E-state index >= 15 is 0 Å². The van der Waals surface area contributed by atoms with Crippen LogP contribution in [0.1, 0.15) is 12.0 Å². The average Bonchev–Trinajstić information content (AvgIpc) is 2.56. The quantitative estimate of drug-likeness (QED) is 0.832. The number of amides is 2. The number of urea groups is 1. The molecule has 0 spiro atoms. The first kappa shape index (κ1) is 17.1. The molecule has 0 aliphatic rings. The molecule has 2 aromatic carbocycles. The van der Waals surface area contributed by atoms with Crippen molar-refractivity contribution in [3.05, 3.63) is 64.1 Å². The molecule has 0 aliphatic heterocycles.